The Morgan fingerprint density at radius 3 is 2.53 bits per heavy atom. The predicted molar refractivity (Wildman–Crippen MR) is 157 cm³/mol. The largest absolute Gasteiger partial charge is 0.487 e. The number of aliphatic hydroxyl groups excluding tert-OH is 1. The third-order valence-corrected chi connectivity index (χ3v) is 9.32. The number of aromatic carboxylic acids is 1. The SMILES string of the molecule is O=C(O)c1cn(C2CC2)c2c3c(c(F)cc2c1=O)N1C[C@@](COc2ccc(N4CC(CO)OC4=O)cc2F)(OP(=O)(O)O)C[C@H]1CO3. The van der Waals surface area contributed by atoms with Crippen molar-refractivity contribution in [2.75, 3.05) is 42.7 Å². The number of fused-ring (bicyclic) bond motifs is 5. The number of carboxylic acids is 1. The van der Waals surface area contributed by atoms with Crippen LogP contribution in [0.25, 0.3) is 10.9 Å². The molecule has 1 unspecified atom stereocenters. The van der Waals surface area contributed by atoms with E-state index in [-0.39, 0.29) is 65.9 Å². The van der Waals surface area contributed by atoms with E-state index in [4.69, 9.17) is 18.7 Å². The average Bonchev–Trinajstić information content (AvgIpc) is 3.68. The minimum absolute atomic E-state index is 0.00165. The Morgan fingerprint density at radius 1 is 1.13 bits per heavy atom. The highest BCUT2D eigenvalue weighted by Crippen LogP contribution is 2.52. The first-order valence-electron chi connectivity index (χ1n) is 14.6. The van der Waals surface area contributed by atoms with Crippen LogP contribution in [0.1, 0.15) is 35.7 Å². The second kappa shape index (κ2) is 11.2. The highest BCUT2D eigenvalue weighted by molar-refractivity contribution is 7.46. The lowest BCUT2D eigenvalue weighted by atomic mass is 10.0. The number of carboxylic acid groups (broad SMARTS) is 1. The lowest BCUT2D eigenvalue weighted by Gasteiger charge is -2.35. The van der Waals surface area contributed by atoms with Crippen LogP contribution in [-0.4, -0.2) is 87.3 Å². The maximum atomic E-state index is 15.9. The number of benzene rings is 2. The zero-order valence-electron chi connectivity index (χ0n) is 24.4. The van der Waals surface area contributed by atoms with Gasteiger partial charge in [0.25, 0.3) is 0 Å². The molecule has 4 aliphatic rings. The number of phosphoric ester groups is 1. The van der Waals surface area contributed by atoms with Crippen LogP contribution >= 0.6 is 7.82 Å². The highest BCUT2D eigenvalue weighted by atomic mass is 31.2. The van der Waals surface area contributed by atoms with Crippen molar-refractivity contribution in [2.24, 2.45) is 0 Å². The van der Waals surface area contributed by atoms with Crippen LogP contribution in [0.3, 0.4) is 0 Å². The lowest BCUT2D eigenvalue weighted by molar-refractivity contribution is 0.00780. The van der Waals surface area contributed by atoms with Crippen LogP contribution < -0.4 is 24.7 Å². The summed E-state index contributed by atoms with van der Waals surface area (Å²) in [6, 6.07) is 3.70. The maximum absolute atomic E-state index is 15.9. The molecule has 3 fully saturated rings. The van der Waals surface area contributed by atoms with E-state index in [0.717, 1.165) is 17.0 Å². The molecule has 4 N–H and O–H groups in total. The number of phosphoric acid groups is 1. The molecule has 1 saturated carbocycles. The molecule has 250 valence electrons. The number of hydrogen-bond acceptors (Lipinski definition) is 10. The number of cyclic esters (lactones) is 1. The fraction of sp³-hybridized carbons (Fsp3) is 0.414. The van der Waals surface area contributed by atoms with E-state index in [1.165, 1.54) is 23.2 Å². The molecular weight excluding hydrogens is 651 g/mol. The summed E-state index contributed by atoms with van der Waals surface area (Å²) >= 11 is 0. The lowest BCUT2D eigenvalue weighted by Crippen LogP contribution is -2.42. The summed E-state index contributed by atoms with van der Waals surface area (Å²) in [6.45, 7) is -1.43. The van der Waals surface area contributed by atoms with Gasteiger partial charge in [-0.3, -0.25) is 14.2 Å². The molecule has 0 bridgehead atoms. The zero-order chi connectivity index (χ0) is 33.4. The summed E-state index contributed by atoms with van der Waals surface area (Å²) in [5.74, 6) is -3.62. The van der Waals surface area contributed by atoms with Crippen LogP contribution in [0, 0.1) is 11.6 Å². The summed E-state index contributed by atoms with van der Waals surface area (Å²) in [6.07, 6.45) is 0.947. The van der Waals surface area contributed by atoms with Gasteiger partial charge in [-0.05, 0) is 31.0 Å². The van der Waals surface area contributed by atoms with E-state index in [1.54, 1.807) is 4.57 Å². The molecule has 3 aromatic rings. The Kier molecular flexibility index (Phi) is 7.44. The molecule has 3 aliphatic heterocycles. The van der Waals surface area contributed by atoms with E-state index in [0.29, 0.717) is 12.8 Å². The maximum Gasteiger partial charge on any atom is 0.470 e. The van der Waals surface area contributed by atoms with Crippen molar-refractivity contribution >= 4 is 42.2 Å². The van der Waals surface area contributed by atoms with Gasteiger partial charge in [0.2, 0.25) is 5.43 Å². The molecule has 7 rings (SSSR count). The molecule has 47 heavy (non-hydrogen) atoms. The molecule has 18 heteroatoms. The number of anilines is 2. The number of amides is 1. The Bertz CT molecular complexity index is 1930. The molecule has 2 saturated heterocycles. The van der Waals surface area contributed by atoms with Crippen molar-refractivity contribution < 1.29 is 61.7 Å². The Hall–Kier alpha value is -4.28. The first-order chi connectivity index (χ1) is 22.3. The zero-order valence-corrected chi connectivity index (χ0v) is 25.3. The number of aliphatic hydroxyl groups is 1. The van der Waals surface area contributed by atoms with Gasteiger partial charge in [-0.1, -0.05) is 0 Å². The van der Waals surface area contributed by atoms with E-state index in [1.807, 2.05) is 0 Å². The molecular formula is C29H28F2N3O12P. The fourth-order valence-electron chi connectivity index (χ4n) is 6.54. The molecule has 4 heterocycles. The molecule has 1 aliphatic carbocycles. The first-order valence-corrected chi connectivity index (χ1v) is 16.1. The number of carbonyl (C=O) groups is 2. The number of nitrogens with zero attached hydrogens (tertiary/aromatic N) is 3. The number of hydrogen-bond donors (Lipinski definition) is 4. The monoisotopic (exact) mass is 679 g/mol. The standard InChI is InChI=1S/C29H28F2N3O12P/c30-20-5-15(33-8-17(10-35)45-28(33)39)3-4-22(20)44-13-29(46-47(40,41)42)7-16-11-43-26-23-18(6-21(31)24(26)34(16)12-29)25(36)19(27(37)38)9-32(23)14-1-2-14/h3-6,9,14,16-17,35H,1-2,7-8,10-13H2,(H,37,38)(H2,40,41,42)/t16-,17?,29-/m0/s1. The number of rotatable bonds is 9. The number of halogens is 2. The number of ether oxygens (including phenoxy) is 3. The second-order valence-corrected chi connectivity index (χ2v) is 13.2. The van der Waals surface area contributed by atoms with Crippen LogP contribution in [0.5, 0.6) is 11.5 Å². The normalized spacial score (nSPS) is 23.8. The third kappa shape index (κ3) is 5.57. The van der Waals surface area contributed by atoms with Crippen molar-refractivity contribution in [3.8, 4) is 11.5 Å². The van der Waals surface area contributed by atoms with Gasteiger partial charge in [0, 0.05) is 24.7 Å². The molecule has 2 aromatic carbocycles. The minimum atomic E-state index is -5.19. The van der Waals surface area contributed by atoms with E-state index in [9.17, 15) is 38.9 Å². The van der Waals surface area contributed by atoms with E-state index in [2.05, 4.69) is 0 Å². The average molecular weight is 680 g/mol. The van der Waals surface area contributed by atoms with Gasteiger partial charge in [-0.25, -0.2) is 22.9 Å². The van der Waals surface area contributed by atoms with E-state index >= 15 is 8.78 Å². The summed E-state index contributed by atoms with van der Waals surface area (Å²) in [4.78, 5) is 59.2. The summed E-state index contributed by atoms with van der Waals surface area (Å²) in [5, 5.41) is 18.7. The Morgan fingerprint density at radius 2 is 1.89 bits per heavy atom. The van der Waals surface area contributed by atoms with Crippen LogP contribution in [0.15, 0.2) is 35.3 Å². The van der Waals surface area contributed by atoms with Crippen LogP contribution in [0.2, 0.25) is 0 Å². The van der Waals surface area contributed by atoms with Crippen molar-refractivity contribution in [1.82, 2.24) is 4.57 Å². The summed E-state index contributed by atoms with van der Waals surface area (Å²) < 4.78 is 66.7. The van der Waals surface area contributed by atoms with Gasteiger partial charge in [0.05, 0.1) is 42.3 Å². The summed E-state index contributed by atoms with van der Waals surface area (Å²) in [5.41, 5.74) is -2.95. The quantitative estimate of drug-likeness (QED) is 0.241. The topological polar surface area (TPSA) is 198 Å². The second-order valence-electron chi connectivity index (χ2n) is 12.0. The number of aromatic nitrogens is 1. The minimum Gasteiger partial charge on any atom is -0.487 e. The summed E-state index contributed by atoms with van der Waals surface area (Å²) in [7, 11) is -5.19. The van der Waals surface area contributed by atoms with Gasteiger partial charge in [0.15, 0.2) is 23.1 Å². The number of carbonyl (C=O) groups excluding carboxylic acids is 1. The van der Waals surface area contributed by atoms with Gasteiger partial charge in [0.1, 0.15) is 36.2 Å². The van der Waals surface area contributed by atoms with E-state index < -0.39 is 73.5 Å². The Balaban J connectivity index is 1.21. The Labute approximate surface area is 263 Å². The third-order valence-electron chi connectivity index (χ3n) is 8.69. The van der Waals surface area contributed by atoms with Crippen molar-refractivity contribution in [3.05, 3.63) is 57.9 Å². The molecule has 1 aromatic heterocycles. The van der Waals surface area contributed by atoms with Crippen molar-refractivity contribution in [1.29, 1.82) is 0 Å². The number of pyridine rings is 1. The molecule has 1 amide bonds. The van der Waals surface area contributed by atoms with Crippen molar-refractivity contribution in [3.63, 3.8) is 0 Å². The predicted octanol–water partition coefficient (Wildman–Crippen LogP) is 2.53. The van der Waals surface area contributed by atoms with Crippen LogP contribution in [0.4, 0.5) is 25.0 Å². The first kappa shape index (κ1) is 31.3. The molecule has 0 radical (unpaired) electrons. The van der Waals surface area contributed by atoms with Gasteiger partial charge in [-0.2, -0.15) is 0 Å². The van der Waals surface area contributed by atoms with Crippen LogP contribution in [-0.2, 0) is 13.8 Å². The van der Waals surface area contributed by atoms with Crippen molar-refractivity contribution in [2.45, 2.75) is 43.1 Å². The fourth-order valence-corrected chi connectivity index (χ4v) is 7.22. The molecule has 3 atom stereocenters. The molecule has 0 spiro atoms. The molecule has 15 nitrogen and oxygen atoms in total. The van der Waals surface area contributed by atoms with Gasteiger partial charge in [-0.15, -0.1) is 0 Å². The van der Waals surface area contributed by atoms with Gasteiger partial charge < -0.3 is 43.7 Å². The highest BCUT2D eigenvalue weighted by Gasteiger charge is 2.53. The van der Waals surface area contributed by atoms with Gasteiger partial charge >= 0.3 is 19.9 Å². The smallest absolute Gasteiger partial charge is 0.470 e.